The second-order valence-electron chi connectivity index (χ2n) is 6.98. The van der Waals surface area contributed by atoms with E-state index in [2.05, 4.69) is 54.1 Å². The van der Waals surface area contributed by atoms with Crippen molar-refractivity contribution >= 4 is 23.3 Å². The van der Waals surface area contributed by atoms with Crippen LogP contribution in [0.3, 0.4) is 0 Å². The standard InChI is InChI=1S/C21H29N3O2S/c1-5-15(4)23-21(26)24-19(25)13-22-20(18-7-6-12-27-18)17-10-8-16(9-11-17)14(2)3/h6-12,14-15,20,22H,5,13H2,1-4H3,(H2,23,24,25,26)/t15-,20-/m0/s1. The van der Waals surface area contributed by atoms with Crippen LogP contribution >= 0.6 is 11.3 Å². The summed E-state index contributed by atoms with van der Waals surface area (Å²) in [6.45, 7) is 8.26. The maximum Gasteiger partial charge on any atom is 0.321 e. The van der Waals surface area contributed by atoms with Gasteiger partial charge in [0.15, 0.2) is 0 Å². The smallest absolute Gasteiger partial charge is 0.321 e. The zero-order valence-electron chi connectivity index (χ0n) is 16.4. The number of benzene rings is 1. The van der Waals surface area contributed by atoms with Gasteiger partial charge < -0.3 is 5.32 Å². The highest BCUT2D eigenvalue weighted by atomic mass is 32.1. The summed E-state index contributed by atoms with van der Waals surface area (Å²) in [5.41, 5.74) is 2.38. The molecule has 0 aliphatic heterocycles. The van der Waals surface area contributed by atoms with E-state index in [1.54, 1.807) is 11.3 Å². The second kappa shape index (κ2) is 10.2. The van der Waals surface area contributed by atoms with Gasteiger partial charge in [0, 0.05) is 10.9 Å². The molecule has 3 N–H and O–H groups in total. The molecule has 1 heterocycles. The first-order chi connectivity index (χ1) is 12.9. The summed E-state index contributed by atoms with van der Waals surface area (Å²) in [5.74, 6) is 0.123. The van der Waals surface area contributed by atoms with Gasteiger partial charge in [-0.3, -0.25) is 15.4 Å². The third kappa shape index (κ3) is 6.48. The first kappa shape index (κ1) is 21.1. The van der Waals surface area contributed by atoms with Crippen molar-refractivity contribution < 1.29 is 9.59 Å². The highest BCUT2D eigenvalue weighted by Crippen LogP contribution is 2.27. The zero-order chi connectivity index (χ0) is 19.8. The van der Waals surface area contributed by atoms with E-state index in [1.807, 2.05) is 31.4 Å². The molecule has 3 amide bonds. The molecule has 0 unspecified atom stereocenters. The molecule has 1 aromatic heterocycles. The molecule has 2 atom stereocenters. The fourth-order valence-corrected chi connectivity index (χ4v) is 3.47. The van der Waals surface area contributed by atoms with E-state index in [9.17, 15) is 9.59 Å². The van der Waals surface area contributed by atoms with Crippen LogP contribution < -0.4 is 16.0 Å². The van der Waals surface area contributed by atoms with Crippen molar-refractivity contribution in [2.24, 2.45) is 0 Å². The van der Waals surface area contributed by atoms with Crippen LogP contribution in [0.4, 0.5) is 4.79 Å². The van der Waals surface area contributed by atoms with Crippen molar-refractivity contribution in [3.63, 3.8) is 0 Å². The van der Waals surface area contributed by atoms with Crippen LogP contribution in [0.1, 0.15) is 62.1 Å². The van der Waals surface area contributed by atoms with Crippen molar-refractivity contribution in [3.05, 3.63) is 57.8 Å². The zero-order valence-corrected chi connectivity index (χ0v) is 17.2. The molecule has 6 heteroatoms. The Morgan fingerprint density at radius 2 is 1.70 bits per heavy atom. The summed E-state index contributed by atoms with van der Waals surface area (Å²) in [6, 6.07) is 12.0. The lowest BCUT2D eigenvalue weighted by atomic mass is 9.98. The third-order valence-electron chi connectivity index (χ3n) is 4.47. The van der Waals surface area contributed by atoms with Crippen LogP contribution in [0.15, 0.2) is 41.8 Å². The largest absolute Gasteiger partial charge is 0.335 e. The van der Waals surface area contributed by atoms with E-state index in [4.69, 9.17) is 0 Å². The molecule has 27 heavy (non-hydrogen) atoms. The van der Waals surface area contributed by atoms with E-state index in [0.717, 1.165) is 16.9 Å². The summed E-state index contributed by atoms with van der Waals surface area (Å²) in [5, 5.41) is 10.4. The van der Waals surface area contributed by atoms with Crippen LogP contribution in [0.25, 0.3) is 0 Å². The highest BCUT2D eigenvalue weighted by molar-refractivity contribution is 7.10. The van der Waals surface area contributed by atoms with Gasteiger partial charge in [-0.05, 0) is 41.8 Å². The minimum absolute atomic E-state index is 0.0316. The van der Waals surface area contributed by atoms with Crippen LogP contribution in [0.2, 0.25) is 0 Å². The van der Waals surface area contributed by atoms with Gasteiger partial charge in [0.1, 0.15) is 0 Å². The molecule has 2 rings (SSSR count). The van der Waals surface area contributed by atoms with Crippen LogP contribution in [-0.2, 0) is 4.79 Å². The SMILES string of the molecule is CC[C@H](C)NC(=O)NC(=O)CN[C@@H](c1ccc(C(C)C)cc1)c1cccs1. The monoisotopic (exact) mass is 387 g/mol. The molecule has 0 radical (unpaired) electrons. The van der Waals surface area contributed by atoms with Crippen LogP contribution in [-0.4, -0.2) is 24.5 Å². The Morgan fingerprint density at radius 3 is 2.26 bits per heavy atom. The van der Waals surface area contributed by atoms with Gasteiger partial charge in [0.2, 0.25) is 5.91 Å². The minimum Gasteiger partial charge on any atom is -0.335 e. The number of amides is 3. The fourth-order valence-electron chi connectivity index (χ4n) is 2.64. The topological polar surface area (TPSA) is 70.2 Å². The Labute approximate surface area is 165 Å². The number of thiophene rings is 1. The number of urea groups is 1. The molecular weight excluding hydrogens is 358 g/mol. The summed E-state index contributed by atoms with van der Waals surface area (Å²) in [6.07, 6.45) is 0.812. The van der Waals surface area contributed by atoms with Gasteiger partial charge in [0.25, 0.3) is 0 Å². The van der Waals surface area contributed by atoms with E-state index < -0.39 is 6.03 Å². The summed E-state index contributed by atoms with van der Waals surface area (Å²) < 4.78 is 0. The molecule has 0 bridgehead atoms. The Balaban J connectivity index is 2.01. The normalized spacial score (nSPS) is 13.2. The van der Waals surface area contributed by atoms with E-state index in [1.165, 1.54) is 5.56 Å². The van der Waals surface area contributed by atoms with E-state index in [-0.39, 0.29) is 24.5 Å². The van der Waals surface area contributed by atoms with Gasteiger partial charge >= 0.3 is 6.03 Å². The highest BCUT2D eigenvalue weighted by Gasteiger charge is 2.17. The average Bonchev–Trinajstić information content (AvgIpc) is 3.16. The molecule has 146 valence electrons. The Morgan fingerprint density at radius 1 is 1.04 bits per heavy atom. The number of rotatable bonds is 8. The van der Waals surface area contributed by atoms with Crippen molar-refractivity contribution in [1.29, 1.82) is 0 Å². The number of imide groups is 1. The average molecular weight is 388 g/mol. The molecule has 0 aliphatic carbocycles. The maximum atomic E-state index is 12.1. The van der Waals surface area contributed by atoms with Crippen molar-refractivity contribution in [3.8, 4) is 0 Å². The molecule has 0 saturated carbocycles. The van der Waals surface area contributed by atoms with Gasteiger partial charge in [-0.2, -0.15) is 0 Å². The fraction of sp³-hybridized carbons (Fsp3) is 0.429. The molecule has 0 fully saturated rings. The molecule has 2 aromatic rings. The summed E-state index contributed by atoms with van der Waals surface area (Å²) >= 11 is 1.64. The van der Waals surface area contributed by atoms with Crippen molar-refractivity contribution in [1.82, 2.24) is 16.0 Å². The predicted octanol–water partition coefficient (Wildman–Crippen LogP) is 4.17. The number of nitrogens with one attached hydrogen (secondary N) is 3. The molecule has 0 spiro atoms. The first-order valence-electron chi connectivity index (χ1n) is 9.37. The van der Waals surface area contributed by atoms with Crippen LogP contribution in [0.5, 0.6) is 0 Å². The van der Waals surface area contributed by atoms with Gasteiger partial charge in [-0.1, -0.05) is 51.1 Å². The maximum absolute atomic E-state index is 12.1. The van der Waals surface area contributed by atoms with E-state index in [0.29, 0.717) is 5.92 Å². The Kier molecular flexibility index (Phi) is 8.00. The minimum atomic E-state index is -0.454. The number of carbonyl (C=O) groups is 2. The number of carbonyl (C=O) groups excluding carboxylic acids is 2. The van der Waals surface area contributed by atoms with Gasteiger partial charge in [0.05, 0.1) is 12.6 Å². The molecule has 5 nitrogen and oxygen atoms in total. The van der Waals surface area contributed by atoms with Gasteiger partial charge in [-0.15, -0.1) is 11.3 Å². The third-order valence-corrected chi connectivity index (χ3v) is 5.41. The second-order valence-corrected chi connectivity index (χ2v) is 7.96. The molecule has 0 aliphatic rings. The summed E-state index contributed by atoms with van der Waals surface area (Å²) in [7, 11) is 0. The Hall–Kier alpha value is -2.18. The number of hydrogen-bond donors (Lipinski definition) is 3. The summed E-state index contributed by atoms with van der Waals surface area (Å²) in [4.78, 5) is 25.1. The Bertz CT molecular complexity index is 726. The van der Waals surface area contributed by atoms with Gasteiger partial charge in [-0.25, -0.2) is 4.79 Å². The lowest BCUT2D eigenvalue weighted by Gasteiger charge is -2.19. The van der Waals surface area contributed by atoms with Crippen LogP contribution in [0, 0.1) is 0 Å². The van der Waals surface area contributed by atoms with E-state index >= 15 is 0 Å². The molecule has 1 aromatic carbocycles. The predicted molar refractivity (Wildman–Crippen MR) is 111 cm³/mol. The lowest BCUT2D eigenvalue weighted by Crippen LogP contribution is -2.46. The van der Waals surface area contributed by atoms with Crippen molar-refractivity contribution in [2.45, 2.75) is 52.1 Å². The molecule has 0 saturated heterocycles. The number of hydrogen-bond acceptors (Lipinski definition) is 4. The first-order valence-corrected chi connectivity index (χ1v) is 10.3. The quantitative estimate of drug-likeness (QED) is 0.636. The lowest BCUT2D eigenvalue weighted by molar-refractivity contribution is -0.119. The van der Waals surface area contributed by atoms with Crippen molar-refractivity contribution in [2.75, 3.05) is 6.54 Å². The molecular formula is C21H29N3O2S.